The minimum Gasteiger partial charge on any atom is -0.310 e. The SMILES string of the molecule is Cc1nn(-c2ccccc2)c2c1[C@@H](c1ccc(F)cc1F)SCC(=O)N2. The second kappa shape index (κ2) is 6.57. The van der Waals surface area contributed by atoms with E-state index in [9.17, 15) is 13.6 Å². The number of aromatic nitrogens is 2. The lowest BCUT2D eigenvalue weighted by molar-refractivity contribution is -0.113. The van der Waals surface area contributed by atoms with Crippen molar-refractivity contribution in [2.45, 2.75) is 12.2 Å². The summed E-state index contributed by atoms with van der Waals surface area (Å²) in [6.45, 7) is 1.82. The number of thioether (sulfide) groups is 1. The normalized spacial score (nSPS) is 16.7. The summed E-state index contributed by atoms with van der Waals surface area (Å²) in [7, 11) is 0. The molecule has 3 aromatic rings. The quantitative estimate of drug-likeness (QED) is 0.733. The van der Waals surface area contributed by atoms with Crippen molar-refractivity contribution >= 4 is 23.5 Å². The standard InChI is InChI=1S/C19H15F2N3OS/c1-11-17-18(14-8-7-12(20)9-15(14)21)26-10-16(25)22-19(17)24(23-11)13-5-3-2-4-6-13/h2-9,18H,10H2,1H3,(H,22,25)/t18-/m1/s1. The molecule has 0 spiro atoms. The molecule has 1 atom stereocenters. The van der Waals surface area contributed by atoms with Gasteiger partial charge in [0.1, 0.15) is 17.5 Å². The third-order valence-electron chi connectivity index (χ3n) is 4.25. The Balaban J connectivity index is 1.91. The van der Waals surface area contributed by atoms with Crippen LogP contribution in [0.2, 0.25) is 0 Å². The molecule has 0 unspecified atom stereocenters. The van der Waals surface area contributed by atoms with Crippen molar-refractivity contribution in [2.75, 3.05) is 11.1 Å². The van der Waals surface area contributed by atoms with Crippen molar-refractivity contribution in [1.82, 2.24) is 9.78 Å². The number of nitrogens with one attached hydrogen (secondary N) is 1. The number of hydrogen-bond acceptors (Lipinski definition) is 3. The number of amides is 1. The first-order chi connectivity index (χ1) is 12.5. The molecule has 2 aromatic carbocycles. The Bertz CT molecular complexity index is 988. The zero-order chi connectivity index (χ0) is 18.3. The number of carbonyl (C=O) groups excluding carboxylic acids is 1. The van der Waals surface area contributed by atoms with Crippen LogP contribution in [0.5, 0.6) is 0 Å². The van der Waals surface area contributed by atoms with Crippen molar-refractivity contribution in [3.63, 3.8) is 0 Å². The van der Waals surface area contributed by atoms with Gasteiger partial charge < -0.3 is 5.32 Å². The van der Waals surface area contributed by atoms with E-state index in [1.165, 1.54) is 23.9 Å². The summed E-state index contributed by atoms with van der Waals surface area (Å²) in [5, 5.41) is 6.98. The van der Waals surface area contributed by atoms with Crippen molar-refractivity contribution in [3.8, 4) is 5.69 Å². The van der Waals surface area contributed by atoms with Gasteiger partial charge in [0.15, 0.2) is 0 Å². The van der Waals surface area contributed by atoms with E-state index in [0.29, 0.717) is 17.1 Å². The Hall–Kier alpha value is -2.67. The van der Waals surface area contributed by atoms with Gasteiger partial charge in [-0.05, 0) is 25.1 Å². The van der Waals surface area contributed by atoms with E-state index in [1.54, 1.807) is 4.68 Å². The fraction of sp³-hybridized carbons (Fsp3) is 0.158. The number of halogens is 2. The topological polar surface area (TPSA) is 46.9 Å². The molecule has 1 aliphatic rings. The molecule has 1 N–H and O–H groups in total. The number of rotatable bonds is 2. The monoisotopic (exact) mass is 371 g/mol. The third kappa shape index (κ3) is 2.88. The fourth-order valence-electron chi connectivity index (χ4n) is 3.10. The van der Waals surface area contributed by atoms with Gasteiger partial charge in [-0.15, -0.1) is 11.8 Å². The molecular formula is C19H15F2N3OS. The van der Waals surface area contributed by atoms with E-state index in [0.717, 1.165) is 17.3 Å². The van der Waals surface area contributed by atoms with Gasteiger partial charge in [0.05, 0.1) is 22.4 Å². The third-order valence-corrected chi connectivity index (χ3v) is 5.51. The van der Waals surface area contributed by atoms with Gasteiger partial charge in [-0.25, -0.2) is 13.5 Å². The van der Waals surface area contributed by atoms with E-state index in [4.69, 9.17) is 0 Å². The van der Waals surface area contributed by atoms with Gasteiger partial charge in [0.2, 0.25) is 5.91 Å². The maximum atomic E-state index is 14.4. The number of hydrogen-bond donors (Lipinski definition) is 1. The van der Waals surface area contributed by atoms with E-state index >= 15 is 0 Å². The molecule has 7 heteroatoms. The number of para-hydroxylation sites is 1. The van der Waals surface area contributed by atoms with Crippen molar-refractivity contribution in [3.05, 3.63) is 77.0 Å². The lowest BCUT2D eigenvalue weighted by Crippen LogP contribution is -2.15. The van der Waals surface area contributed by atoms with Gasteiger partial charge >= 0.3 is 0 Å². The summed E-state index contributed by atoms with van der Waals surface area (Å²) in [6.07, 6.45) is 0. The van der Waals surface area contributed by atoms with Crippen LogP contribution in [0.4, 0.5) is 14.6 Å². The average molecular weight is 371 g/mol. The highest BCUT2D eigenvalue weighted by molar-refractivity contribution is 8.00. The molecule has 1 aliphatic heterocycles. The van der Waals surface area contributed by atoms with Crippen LogP contribution in [0.25, 0.3) is 5.69 Å². The number of fused-ring (bicyclic) bond motifs is 1. The number of carbonyl (C=O) groups is 1. The molecule has 0 saturated carbocycles. The molecule has 1 amide bonds. The van der Waals surface area contributed by atoms with Gasteiger partial charge in [-0.1, -0.05) is 24.3 Å². The van der Waals surface area contributed by atoms with E-state index in [1.807, 2.05) is 37.3 Å². The lowest BCUT2D eigenvalue weighted by Gasteiger charge is -2.16. The summed E-state index contributed by atoms with van der Waals surface area (Å²) in [4.78, 5) is 12.2. The summed E-state index contributed by atoms with van der Waals surface area (Å²) in [5.41, 5.74) is 2.55. The summed E-state index contributed by atoms with van der Waals surface area (Å²) >= 11 is 1.30. The Kier molecular flexibility index (Phi) is 4.24. The predicted octanol–water partition coefficient (Wildman–Crippen LogP) is 4.23. The molecular weight excluding hydrogens is 356 g/mol. The van der Waals surface area contributed by atoms with Crippen LogP contribution in [0.15, 0.2) is 48.5 Å². The second-order valence-electron chi connectivity index (χ2n) is 6.00. The number of benzene rings is 2. The first-order valence-corrected chi connectivity index (χ1v) is 9.11. The molecule has 132 valence electrons. The minimum absolute atomic E-state index is 0.171. The van der Waals surface area contributed by atoms with Gasteiger partial charge in [0.25, 0.3) is 0 Å². The summed E-state index contributed by atoms with van der Waals surface area (Å²) in [5.74, 6) is -0.744. The molecule has 4 nitrogen and oxygen atoms in total. The molecule has 26 heavy (non-hydrogen) atoms. The highest BCUT2D eigenvalue weighted by Crippen LogP contribution is 2.44. The Morgan fingerprint density at radius 1 is 1.19 bits per heavy atom. The van der Waals surface area contributed by atoms with E-state index in [2.05, 4.69) is 10.4 Å². The van der Waals surface area contributed by atoms with Crippen LogP contribution < -0.4 is 5.32 Å². The largest absolute Gasteiger partial charge is 0.310 e. The van der Waals surface area contributed by atoms with Crippen LogP contribution in [0.3, 0.4) is 0 Å². The Morgan fingerprint density at radius 3 is 2.69 bits per heavy atom. The van der Waals surface area contributed by atoms with Crippen molar-refractivity contribution in [2.24, 2.45) is 0 Å². The number of aryl methyl sites for hydroxylation is 1. The smallest absolute Gasteiger partial charge is 0.235 e. The van der Waals surface area contributed by atoms with Gasteiger partial charge in [0, 0.05) is 17.2 Å². The molecule has 0 aliphatic carbocycles. The average Bonchev–Trinajstić information content (AvgIpc) is 2.83. The summed E-state index contributed by atoms with van der Waals surface area (Å²) in [6, 6.07) is 12.9. The molecule has 0 radical (unpaired) electrons. The first-order valence-electron chi connectivity index (χ1n) is 8.06. The fourth-order valence-corrected chi connectivity index (χ4v) is 4.31. The first kappa shape index (κ1) is 16.8. The second-order valence-corrected chi connectivity index (χ2v) is 7.09. The lowest BCUT2D eigenvalue weighted by atomic mass is 10.0. The van der Waals surface area contributed by atoms with Gasteiger partial charge in [-0.2, -0.15) is 5.10 Å². The molecule has 2 heterocycles. The zero-order valence-electron chi connectivity index (χ0n) is 13.9. The number of nitrogens with zero attached hydrogens (tertiary/aromatic N) is 2. The van der Waals surface area contributed by atoms with Crippen LogP contribution in [-0.4, -0.2) is 21.4 Å². The molecule has 4 rings (SSSR count). The highest BCUT2D eigenvalue weighted by atomic mass is 32.2. The summed E-state index contributed by atoms with van der Waals surface area (Å²) < 4.78 is 29.4. The van der Waals surface area contributed by atoms with E-state index < -0.39 is 16.9 Å². The maximum absolute atomic E-state index is 14.4. The minimum atomic E-state index is -0.630. The predicted molar refractivity (Wildman–Crippen MR) is 97.6 cm³/mol. The molecule has 0 fully saturated rings. The zero-order valence-corrected chi connectivity index (χ0v) is 14.7. The van der Waals surface area contributed by atoms with Crippen LogP contribution in [0, 0.1) is 18.6 Å². The van der Waals surface area contributed by atoms with Gasteiger partial charge in [-0.3, -0.25) is 4.79 Å². The van der Waals surface area contributed by atoms with E-state index in [-0.39, 0.29) is 11.7 Å². The Labute approximate surface area is 153 Å². The molecule has 0 saturated heterocycles. The molecule has 0 bridgehead atoms. The highest BCUT2D eigenvalue weighted by Gasteiger charge is 2.32. The maximum Gasteiger partial charge on any atom is 0.235 e. The molecule has 1 aromatic heterocycles. The Morgan fingerprint density at radius 2 is 1.96 bits per heavy atom. The van der Waals surface area contributed by atoms with Crippen LogP contribution in [-0.2, 0) is 4.79 Å². The van der Waals surface area contributed by atoms with Crippen LogP contribution in [0.1, 0.15) is 22.1 Å². The van der Waals surface area contributed by atoms with Crippen molar-refractivity contribution < 1.29 is 13.6 Å². The van der Waals surface area contributed by atoms with Crippen LogP contribution >= 0.6 is 11.8 Å². The van der Waals surface area contributed by atoms with Crippen molar-refractivity contribution in [1.29, 1.82) is 0 Å². The number of anilines is 1.